The molecule has 3 aromatic rings. The second-order valence-electron chi connectivity index (χ2n) is 6.12. The smallest absolute Gasteiger partial charge is 0.118 e. The van der Waals surface area contributed by atoms with E-state index in [-0.39, 0.29) is 23.2 Å². The Morgan fingerprint density at radius 3 is 1.42 bits per heavy atom. The molecule has 0 amide bonds. The molecule has 0 aliphatic heterocycles. The van der Waals surface area contributed by atoms with Crippen LogP contribution in [0.2, 0.25) is 0 Å². The molecule has 3 heteroatoms. The lowest BCUT2D eigenvalue weighted by atomic mass is 9.84. The number of phenols is 3. The van der Waals surface area contributed by atoms with Crippen molar-refractivity contribution in [3.05, 3.63) is 88.5 Å². The predicted molar refractivity (Wildman–Crippen MR) is 94.7 cm³/mol. The lowest BCUT2D eigenvalue weighted by Crippen LogP contribution is -2.04. The van der Waals surface area contributed by atoms with Gasteiger partial charge in [0.2, 0.25) is 0 Å². The van der Waals surface area contributed by atoms with Crippen molar-refractivity contribution >= 4 is 0 Å². The number of rotatable bonds is 3. The fourth-order valence-corrected chi connectivity index (χ4v) is 2.96. The highest BCUT2D eigenvalue weighted by Gasteiger charge is 2.18. The number of benzene rings is 3. The summed E-state index contributed by atoms with van der Waals surface area (Å²) in [7, 11) is 0. The van der Waals surface area contributed by atoms with Crippen LogP contribution in [-0.2, 0) is 0 Å². The maximum Gasteiger partial charge on any atom is 0.118 e. The Morgan fingerprint density at radius 1 is 0.583 bits per heavy atom. The summed E-state index contributed by atoms with van der Waals surface area (Å²) in [5, 5.41) is 29.2. The summed E-state index contributed by atoms with van der Waals surface area (Å²) in [6, 6.07) is 18.3. The van der Waals surface area contributed by atoms with Crippen LogP contribution in [0.25, 0.3) is 0 Å². The molecule has 3 N–H and O–H groups in total. The maximum absolute atomic E-state index is 9.82. The highest BCUT2D eigenvalue weighted by atomic mass is 16.3. The molecule has 0 aromatic heterocycles. The fourth-order valence-electron chi connectivity index (χ4n) is 2.96. The molecular formula is C21H20O3. The van der Waals surface area contributed by atoms with Gasteiger partial charge in [-0.2, -0.15) is 0 Å². The second-order valence-corrected chi connectivity index (χ2v) is 6.12. The summed E-state index contributed by atoms with van der Waals surface area (Å²) in [6.45, 7) is 3.74. The predicted octanol–water partition coefficient (Wildman–Crippen LogP) is 4.60. The van der Waals surface area contributed by atoms with E-state index in [1.54, 1.807) is 24.3 Å². The normalized spacial score (nSPS) is 11.0. The molecule has 0 aliphatic carbocycles. The van der Waals surface area contributed by atoms with Gasteiger partial charge in [-0.05, 0) is 65.9 Å². The van der Waals surface area contributed by atoms with Crippen LogP contribution >= 0.6 is 0 Å². The van der Waals surface area contributed by atoms with E-state index in [4.69, 9.17) is 0 Å². The number of hydrogen-bond acceptors (Lipinski definition) is 3. The van der Waals surface area contributed by atoms with E-state index in [9.17, 15) is 15.3 Å². The molecule has 0 spiro atoms. The number of hydrogen-bond donors (Lipinski definition) is 3. The van der Waals surface area contributed by atoms with Gasteiger partial charge in [-0.25, -0.2) is 0 Å². The molecule has 3 rings (SSSR count). The van der Waals surface area contributed by atoms with Crippen LogP contribution in [0.3, 0.4) is 0 Å². The minimum Gasteiger partial charge on any atom is -0.508 e. The van der Waals surface area contributed by atoms with Crippen LogP contribution in [-0.4, -0.2) is 15.3 Å². The van der Waals surface area contributed by atoms with Crippen LogP contribution in [0.5, 0.6) is 17.2 Å². The summed E-state index contributed by atoms with van der Waals surface area (Å²) >= 11 is 0. The second kappa shape index (κ2) is 6.28. The first kappa shape index (κ1) is 15.9. The van der Waals surface area contributed by atoms with Crippen molar-refractivity contribution in [1.82, 2.24) is 0 Å². The largest absolute Gasteiger partial charge is 0.508 e. The van der Waals surface area contributed by atoms with Crippen molar-refractivity contribution in [2.24, 2.45) is 0 Å². The molecule has 122 valence electrons. The van der Waals surface area contributed by atoms with Crippen molar-refractivity contribution in [1.29, 1.82) is 0 Å². The molecule has 0 saturated heterocycles. The lowest BCUT2D eigenvalue weighted by molar-refractivity contribution is 0.470. The molecule has 0 unspecified atom stereocenters. The Labute approximate surface area is 141 Å². The molecule has 24 heavy (non-hydrogen) atoms. The highest BCUT2D eigenvalue weighted by molar-refractivity contribution is 5.49. The Balaban J connectivity index is 2.17. The van der Waals surface area contributed by atoms with E-state index in [1.165, 1.54) is 0 Å². The zero-order valence-electron chi connectivity index (χ0n) is 13.7. The average molecular weight is 320 g/mol. The summed E-state index contributed by atoms with van der Waals surface area (Å²) in [6.07, 6.45) is 0. The summed E-state index contributed by atoms with van der Waals surface area (Å²) in [5.74, 6) is 0.709. The number of phenolic OH excluding ortho intramolecular Hbond substituents is 3. The van der Waals surface area contributed by atoms with Crippen LogP contribution in [0, 0.1) is 13.8 Å². The van der Waals surface area contributed by atoms with Gasteiger partial charge in [0.1, 0.15) is 17.2 Å². The average Bonchev–Trinajstić information content (AvgIpc) is 2.56. The minimum atomic E-state index is -0.0517. The topological polar surface area (TPSA) is 60.7 Å². The molecule has 0 heterocycles. The fraction of sp³-hybridized carbons (Fsp3) is 0.143. The molecule has 0 saturated carbocycles. The van der Waals surface area contributed by atoms with Gasteiger partial charge in [-0.15, -0.1) is 0 Å². The van der Waals surface area contributed by atoms with Crippen LogP contribution in [0.4, 0.5) is 0 Å². The van der Waals surface area contributed by atoms with Gasteiger partial charge in [0, 0.05) is 5.92 Å². The monoisotopic (exact) mass is 320 g/mol. The number of aryl methyl sites for hydroxylation is 2. The summed E-state index contributed by atoms with van der Waals surface area (Å²) in [5.41, 5.74) is 4.74. The maximum atomic E-state index is 9.82. The van der Waals surface area contributed by atoms with Crippen LogP contribution < -0.4 is 0 Å². The Hall–Kier alpha value is -2.94. The molecule has 0 bridgehead atoms. The third kappa shape index (κ3) is 3.06. The van der Waals surface area contributed by atoms with Gasteiger partial charge in [-0.3, -0.25) is 0 Å². The zero-order chi connectivity index (χ0) is 17.3. The van der Waals surface area contributed by atoms with E-state index in [0.717, 1.165) is 27.8 Å². The van der Waals surface area contributed by atoms with Crippen molar-refractivity contribution in [3.8, 4) is 17.2 Å². The van der Waals surface area contributed by atoms with Crippen molar-refractivity contribution in [3.63, 3.8) is 0 Å². The molecule has 0 atom stereocenters. The lowest BCUT2D eigenvalue weighted by Gasteiger charge is -2.20. The quantitative estimate of drug-likeness (QED) is 0.618. The molecular weight excluding hydrogens is 300 g/mol. The van der Waals surface area contributed by atoms with E-state index in [2.05, 4.69) is 0 Å². The van der Waals surface area contributed by atoms with Crippen molar-refractivity contribution in [2.45, 2.75) is 19.8 Å². The molecule has 0 aliphatic rings. The first-order chi connectivity index (χ1) is 11.5. The molecule has 0 fully saturated rings. The minimum absolute atomic E-state index is 0.0517. The molecule has 0 radical (unpaired) electrons. The van der Waals surface area contributed by atoms with E-state index in [0.29, 0.717) is 0 Å². The SMILES string of the molecule is Cc1cc(C(c2ccc(O)cc2)c2ccc(O)c(C)c2)ccc1O. The highest BCUT2D eigenvalue weighted by Crippen LogP contribution is 2.36. The molecule has 3 aromatic carbocycles. The number of aromatic hydroxyl groups is 3. The first-order valence-electron chi connectivity index (χ1n) is 7.83. The van der Waals surface area contributed by atoms with Gasteiger partial charge in [0.25, 0.3) is 0 Å². The van der Waals surface area contributed by atoms with Crippen molar-refractivity contribution < 1.29 is 15.3 Å². The van der Waals surface area contributed by atoms with Gasteiger partial charge >= 0.3 is 0 Å². The Morgan fingerprint density at radius 2 is 1.00 bits per heavy atom. The van der Waals surface area contributed by atoms with Crippen molar-refractivity contribution in [2.75, 3.05) is 0 Å². The Kier molecular flexibility index (Phi) is 4.17. The zero-order valence-corrected chi connectivity index (χ0v) is 13.7. The standard InChI is InChI=1S/C21H20O3/c1-13-11-16(5-9-19(13)23)21(15-3-7-18(22)8-4-15)17-6-10-20(24)14(2)12-17/h3-12,21-24H,1-2H3. The molecule has 3 nitrogen and oxygen atoms in total. The summed E-state index contributed by atoms with van der Waals surface area (Å²) in [4.78, 5) is 0. The van der Waals surface area contributed by atoms with Gasteiger partial charge in [0.05, 0.1) is 0 Å². The van der Waals surface area contributed by atoms with E-state index >= 15 is 0 Å². The third-order valence-electron chi connectivity index (χ3n) is 4.33. The Bertz CT molecular complexity index is 815. The van der Waals surface area contributed by atoms with Gasteiger partial charge in [-0.1, -0.05) is 36.4 Å². The van der Waals surface area contributed by atoms with Crippen LogP contribution in [0.1, 0.15) is 33.7 Å². The first-order valence-corrected chi connectivity index (χ1v) is 7.83. The van der Waals surface area contributed by atoms with Crippen LogP contribution in [0.15, 0.2) is 60.7 Å². The van der Waals surface area contributed by atoms with E-state index < -0.39 is 0 Å². The third-order valence-corrected chi connectivity index (χ3v) is 4.33. The summed E-state index contributed by atoms with van der Waals surface area (Å²) < 4.78 is 0. The van der Waals surface area contributed by atoms with Gasteiger partial charge in [0.15, 0.2) is 0 Å². The van der Waals surface area contributed by atoms with Gasteiger partial charge < -0.3 is 15.3 Å². The van der Waals surface area contributed by atoms with E-state index in [1.807, 2.05) is 50.2 Å².